The molecule has 148 valence electrons. The van der Waals surface area contributed by atoms with Crippen molar-refractivity contribution in [2.45, 2.75) is 20.4 Å². The number of amides is 1. The normalized spacial score (nSPS) is 11.2. The number of nitrogens with zero attached hydrogens (tertiary/aromatic N) is 3. The minimum Gasteiger partial charge on any atom is -0.495 e. The lowest BCUT2D eigenvalue weighted by Crippen LogP contribution is -2.27. The third-order valence-electron chi connectivity index (χ3n) is 4.49. The van der Waals surface area contributed by atoms with Crippen molar-refractivity contribution < 1.29 is 9.53 Å². The van der Waals surface area contributed by atoms with Crippen LogP contribution in [0.4, 0.5) is 5.69 Å². The zero-order valence-corrected chi connectivity index (χ0v) is 17.5. The number of anilines is 1. The number of fused-ring (bicyclic) bond motifs is 3. The number of ether oxygens (including phenoxy) is 1. The van der Waals surface area contributed by atoms with E-state index in [1.807, 2.05) is 19.9 Å². The maximum absolute atomic E-state index is 12.9. The number of thiophene rings is 1. The van der Waals surface area contributed by atoms with Crippen LogP contribution < -0.4 is 15.6 Å². The Bertz CT molecular complexity index is 1330. The van der Waals surface area contributed by atoms with Crippen molar-refractivity contribution in [2.75, 3.05) is 12.4 Å². The Labute approximate surface area is 174 Å². The molecule has 0 saturated carbocycles. The zero-order valence-electron chi connectivity index (χ0n) is 15.9. The van der Waals surface area contributed by atoms with Crippen molar-refractivity contribution in [2.24, 2.45) is 0 Å². The monoisotopic (exact) mass is 428 g/mol. The van der Waals surface area contributed by atoms with Gasteiger partial charge in [-0.05, 0) is 43.7 Å². The summed E-state index contributed by atoms with van der Waals surface area (Å²) in [5.41, 5.74) is 2.79. The fourth-order valence-electron chi connectivity index (χ4n) is 3.21. The molecule has 0 spiro atoms. The Kier molecular flexibility index (Phi) is 4.97. The van der Waals surface area contributed by atoms with Crippen LogP contribution in [-0.2, 0) is 11.3 Å². The molecule has 0 unspecified atom stereocenters. The first-order valence-electron chi connectivity index (χ1n) is 8.76. The van der Waals surface area contributed by atoms with Crippen molar-refractivity contribution in [1.29, 1.82) is 0 Å². The number of pyridine rings is 1. The predicted octanol–water partition coefficient (Wildman–Crippen LogP) is 3.92. The van der Waals surface area contributed by atoms with E-state index in [1.165, 1.54) is 29.3 Å². The summed E-state index contributed by atoms with van der Waals surface area (Å²) in [7, 11) is 1.52. The van der Waals surface area contributed by atoms with Crippen molar-refractivity contribution in [3.05, 3.63) is 57.2 Å². The number of benzene rings is 1. The highest BCUT2D eigenvalue weighted by atomic mass is 35.5. The summed E-state index contributed by atoms with van der Waals surface area (Å²) in [6.45, 7) is 3.73. The number of carbonyl (C=O) groups is 1. The minimum atomic E-state index is -0.360. The molecule has 0 aliphatic carbocycles. The van der Waals surface area contributed by atoms with Crippen molar-refractivity contribution in [3.63, 3.8) is 0 Å². The Morgan fingerprint density at radius 1 is 1.31 bits per heavy atom. The lowest BCUT2D eigenvalue weighted by atomic mass is 10.1. The van der Waals surface area contributed by atoms with Gasteiger partial charge in [0.2, 0.25) is 5.91 Å². The summed E-state index contributed by atoms with van der Waals surface area (Å²) in [5, 5.41) is 4.00. The van der Waals surface area contributed by atoms with Gasteiger partial charge in [-0.25, -0.2) is 9.97 Å². The molecule has 9 heteroatoms. The number of nitrogens with one attached hydrogen (secondary N) is 1. The van der Waals surface area contributed by atoms with E-state index in [4.69, 9.17) is 16.3 Å². The third-order valence-corrected chi connectivity index (χ3v) is 5.85. The fourth-order valence-corrected chi connectivity index (χ4v) is 4.67. The van der Waals surface area contributed by atoms with Crippen LogP contribution in [0.5, 0.6) is 5.75 Å². The molecule has 0 fully saturated rings. The Morgan fingerprint density at radius 2 is 2.10 bits per heavy atom. The summed E-state index contributed by atoms with van der Waals surface area (Å²) < 4.78 is 6.88. The second kappa shape index (κ2) is 7.46. The number of rotatable bonds is 4. The van der Waals surface area contributed by atoms with Gasteiger partial charge in [0.15, 0.2) is 0 Å². The fraction of sp³-hybridized carbons (Fsp3) is 0.200. The van der Waals surface area contributed by atoms with E-state index in [9.17, 15) is 9.59 Å². The first kappa shape index (κ1) is 19.4. The van der Waals surface area contributed by atoms with Crippen LogP contribution in [0.3, 0.4) is 0 Å². The van der Waals surface area contributed by atoms with Gasteiger partial charge in [0.25, 0.3) is 5.56 Å². The quantitative estimate of drug-likeness (QED) is 0.532. The highest BCUT2D eigenvalue weighted by molar-refractivity contribution is 7.25. The van der Waals surface area contributed by atoms with Gasteiger partial charge in [0.1, 0.15) is 21.8 Å². The Hall–Kier alpha value is -2.97. The largest absolute Gasteiger partial charge is 0.495 e. The number of carbonyl (C=O) groups excluding carboxylic acids is 1. The van der Waals surface area contributed by atoms with Gasteiger partial charge in [-0.15, -0.1) is 11.3 Å². The number of hydrogen-bond donors (Lipinski definition) is 1. The molecule has 0 bridgehead atoms. The predicted molar refractivity (Wildman–Crippen MR) is 115 cm³/mol. The van der Waals surface area contributed by atoms with E-state index in [0.717, 1.165) is 21.5 Å². The van der Waals surface area contributed by atoms with Crippen LogP contribution in [-0.4, -0.2) is 27.6 Å². The van der Waals surface area contributed by atoms with Gasteiger partial charge in [-0.1, -0.05) is 11.6 Å². The van der Waals surface area contributed by atoms with E-state index in [-0.39, 0.29) is 18.0 Å². The van der Waals surface area contributed by atoms with Crippen LogP contribution in [0.15, 0.2) is 35.4 Å². The van der Waals surface area contributed by atoms with Gasteiger partial charge in [-0.3, -0.25) is 14.2 Å². The Balaban J connectivity index is 1.64. The highest BCUT2D eigenvalue weighted by Gasteiger charge is 2.16. The smallest absolute Gasteiger partial charge is 0.271 e. The second-order valence-electron chi connectivity index (χ2n) is 6.62. The number of aryl methyl sites for hydroxylation is 2. The summed E-state index contributed by atoms with van der Waals surface area (Å²) in [6.07, 6.45) is 1.40. The number of halogens is 1. The standard InChI is InChI=1S/C20H17ClN4O3S/c1-10-6-11(2)23-19-16(10)17-18(29-19)20(27)25(9-22-17)8-15(26)24-12-4-5-14(28-3)13(21)7-12/h4-7,9H,8H2,1-3H3,(H,24,26). The van der Waals surface area contributed by atoms with Gasteiger partial charge in [0, 0.05) is 16.8 Å². The maximum Gasteiger partial charge on any atom is 0.271 e. The van der Waals surface area contributed by atoms with Gasteiger partial charge < -0.3 is 10.1 Å². The van der Waals surface area contributed by atoms with Crippen molar-refractivity contribution >= 4 is 55.0 Å². The molecule has 1 aromatic carbocycles. The van der Waals surface area contributed by atoms with Crippen LogP contribution in [0.25, 0.3) is 20.4 Å². The molecule has 7 nitrogen and oxygen atoms in total. The summed E-state index contributed by atoms with van der Waals surface area (Å²) in [5.74, 6) is 0.153. The number of hydrogen-bond acceptors (Lipinski definition) is 6. The molecule has 1 amide bonds. The second-order valence-corrected chi connectivity index (χ2v) is 8.02. The molecule has 0 aliphatic rings. The Morgan fingerprint density at radius 3 is 2.83 bits per heavy atom. The summed E-state index contributed by atoms with van der Waals surface area (Å²) in [6, 6.07) is 6.89. The molecular formula is C20H17ClN4O3S. The molecule has 3 aromatic heterocycles. The molecule has 0 radical (unpaired) electrons. The molecule has 4 aromatic rings. The topological polar surface area (TPSA) is 86.1 Å². The van der Waals surface area contributed by atoms with E-state index in [0.29, 0.717) is 26.7 Å². The van der Waals surface area contributed by atoms with Crippen LogP contribution in [0, 0.1) is 13.8 Å². The molecule has 0 saturated heterocycles. The minimum absolute atomic E-state index is 0.162. The number of methoxy groups -OCH3 is 1. The average Bonchev–Trinajstić information content (AvgIpc) is 3.03. The lowest BCUT2D eigenvalue weighted by molar-refractivity contribution is -0.116. The first-order chi connectivity index (χ1) is 13.9. The van der Waals surface area contributed by atoms with Crippen molar-refractivity contribution in [3.8, 4) is 5.75 Å². The van der Waals surface area contributed by atoms with Gasteiger partial charge in [-0.2, -0.15) is 0 Å². The molecule has 0 aliphatic heterocycles. The average molecular weight is 429 g/mol. The zero-order chi connectivity index (χ0) is 20.7. The summed E-state index contributed by atoms with van der Waals surface area (Å²) >= 11 is 7.38. The molecule has 1 N–H and O–H groups in total. The molecule has 3 heterocycles. The molecule has 0 atom stereocenters. The van der Waals surface area contributed by atoms with Crippen LogP contribution >= 0.6 is 22.9 Å². The van der Waals surface area contributed by atoms with Gasteiger partial charge in [0.05, 0.1) is 24.0 Å². The lowest BCUT2D eigenvalue weighted by Gasteiger charge is -2.09. The molecule has 29 heavy (non-hydrogen) atoms. The van der Waals surface area contributed by atoms with E-state index < -0.39 is 0 Å². The highest BCUT2D eigenvalue weighted by Crippen LogP contribution is 2.31. The maximum atomic E-state index is 12.9. The van der Waals surface area contributed by atoms with E-state index in [1.54, 1.807) is 18.2 Å². The molecule has 4 rings (SSSR count). The van der Waals surface area contributed by atoms with Crippen LogP contribution in [0.1, 0.15) is 11.3 Å². The van der Waals surface area contributed by atoms with Crippen LogP contribution in [0.2, 0.25) is 5.02 Å². The SMILES string of the molecule is COc1ccc(NC(=O)Cn2cnc3c(sc4nc(C)cc(C)c43)c2=O)cc1Cl. The van der Waals surface area contributed by atoms with E-state index >= 15 is 0 Å². The van der Waals surface area contributed by atoms with Gasteiger partial charge >= 0.3 is 0 Å². The van der Waals surface area contributed by atoms with Crippen molar-refractivity contribution in [1.82, 2.24) is 14.5 Å². The third kappa shape index (κ3) is 3.56. The summed E-state index contributed by atoms with van der Waals surface area (Å²) in [4.78, 5) is 35.1. The first-order valence-corrected chi connectivity index (χ1v) is 9.96. The molecular weight excluding hydrogens is 412 g/mol. The van der Waals surface area contributed by atoms with E-state index in [2.05, 4.69) is 15.3 Å². The number of aromatic nitrogens is 3.